The monoisotopic (exact) mass is 334 g/mol. The molecule has 0 saturated carbocycles. The third-order valence-electron chi connectivity index (χ3n) is 4.15. The minimum atomic E-state index is -0.307. The maximum Gasteiger partial charge on any atom is 0.409 e. The standard InChI is InChI=1S/C18H26N2O4/c1-3-4-13-24-16-7-5-14(6-8-16)17(21)19-15-9-11-20(12-10-15)18(22)23-2/h5-8,15H,3-4,9-13H2,1-2H3,(H,19,21). The molecule has 0 aromatic heterocycles. The summed E-state index contributed by atoms with van der Waals surface area (Å²) in [6.45, 7) is 4.01. The summed E-state index contributed by atoms with van der Waals surface area (Å²) in [5, 5.41) is 3.03. The first kappa shape index (κ1) is 18.1. The van der Waals surface area contributed by atoms with E-state index in [9.17, 15) is 9.59 Å². The fraction of sp³-hybridized carbons (Fsp3) is 0.556. The predicted molar refractivity (Wildman–Crippen MR) is 91.3 cm³/mol. The summed E-state index contributed by atoms with van der Waals surface area (Å²) in [6, 6.07) is 7.29. The van der Waals surface area contributed by atoms with Gasteiger partial charge < -0.3 is 19.7 Å². The van der Waals surface area contributed by atoms with Crippen LogP contribution in [-0.4, -0.2) is 49.7 Å². The maximum atomic E-state index is 12.3. The molecule has 2 rings (SSSR count). The van der Waals surface area contributed by atoms with Crippen LogP contribution in [0.5, 0.6) is 5.75 Å². The molecule has 0 aliphatic carbocycles. The maximum absolute atomic E-state index is 12.3. The van der Waals surface area contributed by atoms with Gasteiger partial charge in [-0.3, -0.25) is 4.79 Å². The van der Waals surface area contributed by atoms with Crippen LogP contribution in [-0.2, 0) is 4.74 Å². The van der Waals surface area contributed by atoms with Gasteiger partial charge in [-0.1, -0.05) is 13.3 Å². The van der Waals surface area contributed by atoms with E-state index in [1.165, 1.54) is 7.11 Å². The lowest BCUT2D eigenvalue weighted by Crippen LogP contribution is -2.46. The van der Waals surface area contributed by atoms with E-state index in [1.807, 2.05) is 12.1 Å². The zero-order chi connectivity index (χ0) is 17.4. The van der Waals surface area contributed by atoms with Gasteiger partial charge in [0.15, 0.2) is 0 Å². The van der Waals surface area contributed by atoms with Gasteiger partial charge in [0.1, 0.15) is 5.75 Å². The Kier molecular flexibility index (Phi) is 6.90. The van der Waals surface area contributed by atoms with E-state index in [2.05, 4.69) is 12.2 Å². The first-order chi connectivity index (χ1) is 11.6. The molecule has 0 atom stereocenters. The summed E-state index contributed by atoms with van der Waals surface area (Å²) >= 11 is 0. The van der Waals surface area contributed by atoms with E-state index in [1.54, 1.807) is 17.0 Å². The van der Waals surface area contributed by atoms with Crippen LogP contribution in [0.4, 0.5) is 4.79 Å². The second-order valence-corrected chi connectivity index (χ2v) is 5.93. The van der Waals surface area contributed by atoms with Gasteiger partial charge in [0.2, 0.25) is 0 Å². The average molecular weight is 334 g/mol. The molecule has 6 nitrogen and oxygen atoms in total. The Morgan fingerprint density at radius 2 is 1.88 bits per heavy atom. The highest BCUT2D eigenvalue weighted by atomic mass is 16.5. The van der Waals surface area contributed by atoms with Crippen LogP contribution in [0.1, 0.15) is 43.0 Å². The van der Waals surface area contributed by atoms with Gasteiger partial charge in [0.05, 0.1) is 13.7 Å². The molecule has 1 aliphatic rings. The topological polar surface area (TPSA) is 67.9 Å². The number of benzene rings is 1. The lowest BCUT2D eigenvalue weighted by molar-refractivity contribution is 0.0892. The summed E-state index contributed by atoms with van der Waals surface area (Å²) in [7, 11) is 1.38. The van der Waals surface area contributed by atoms with Crippen molar-refractivity contribution >= 4 is 12.0 Å². The normalized spacial score (nSPS) is 15.0. The summed E-state index contributed by atoms with van der Waals surface area (Å²) in [5.41, 5.74) is 0.619. The molecule has 0 unspecified atom stereocenters. The van der Waals surface area contributed by atoms with Crippen molar-refractivity contribution in [1.29, 1.82) is 0 Å². The van der Waals surface area contributed by atoms with Crippen LogP contribution in [0, 0.1) is 0 Å². The first-order valence-electron chi connectivity index (χ1n) is 8.50. The lowest BCUT2D eigenvalue weighted by atomic mass is 10.0. The SMILES string of the molecule is CCCCOc1ccc(C(=O)NC2CCN(C(=O)OC)CC2)cc1. The molecule has 24 heavy (non-hydrogen) atoms. The van der Waals surface area contributed by atoms with Crippen LogP contribution >= 0.6 is 0 Å². The van der Waals surface area contributed by atoms with Gasteiger partial charge in [-0.05, 0) is 43.5 Å². The molecule has 1 aromatic carbocycles. The number of amides is 2. The second kappa shape index (κ2) is 9.15. The Morgan fingerprint density at radius 3 is 2.46 bits per heavy atom. The number of rotatable bonds is 6. The van der Waals surface area contributed by atoms with E-state index in [0.29, 0.717) is 25.3 Å². The van der Waals surface area contributed by atoms with Crippen molar-refractivity contribution in [2.24, 2.45) is 0 Å². The Morgan fingerprint density at radius 1 is 1.21 bits per heavy atom. The van der Waals surface area contributed by atoms with E-state index in [-0.39, 0.29) is 18.0 Å². The number of carbonyl (C=O) groups excluding carboxylic acids is 2. The first-order valence-corrected chi connectivity index (χ1v) is 8.50. The van der Waals surface area contributed by atoms with Crippen molar-refractivity contribution in [2.45, 2.75) is 38.6 Å². The third-order valence-corrected chi connectivity index (χ3v) is 4.15. The Bertz CT molecular complexity index is 536. The second-order valence-electron chi connectivity index (χ2n) is 5.93. The van der Waals surface area contributed by atoms with Gasteiger partial charge in [0, 0.05) is 24.7 Å². The zero-order valence-electron chi connectivity index (χ0n) is 14.4. The number of hydrogen-bond acceptors (Lipinski definition) is 4. The quantitative estimate of drug-likeness (QED) is 0.812. The van der Waals surface area contributed by atoms with Crippen LogP contribution in [0.3, 0.4) is 0 Å². The van der Waals surface area contributed by atoms with Gasteiger partial charge >= 0.3 is 6.09 Å². The van der Waals surface area contributed by atoms with Gasteiger partial charge in [-0.15, -0.1) is 0 Å². The highest BCUT2D eigenvalue weighted by molar-refractivity contribution is 5.94. The summed E-state index contributed by atoms with van der Waals surface area (Å²) in [6.07, 6.45) is 3.28. The van der Waals surface area contributed by atoms with Crippen LogP contribution < -0.4 is 10.1 Å². The van der Waals surface area contributed by atoms with E-state index in [0.717, 1.165) is 31.4 Å². The largest absolute Gasteiger partial charge is 0.494 e. The molecule has 132 valence electrons. The molecule has 1 N–H and O–H groups in total. The minimum absolute atomic E-state index is 0.0823. The van der Waals surface area contributed by atoms with E-state index in [4.69, 9.17) is 9.47 Å². The molecular formula is C18H26N2O4. The number of nitrogens with one attached hydrogen (secondary N) is 1. The number of nitrogens with zero attached hydrogens (tertiary/aromatic N) is 1. The lowest BCUT2D eigenvalue weighted by Gasteiger charge is -2.31. The molecule has 6 heteroatoms. The fourth-order valence-electron chi connectivity index (χ4n) is 2.64. The van der Waals surface area contributed by atoms with Gasteiger partial charge in [-0.25, -0.2) is 4.79 Å². The molecule has 2 amide bonds. The number of unbranched alkanes of at least 4 members (excludes halogenated alkanes) is 1. The van der Waals surface area contributed by atoms with Gasteiger partial charge in [-0.2, -0.15) is 0 Å². The highest BCUT2D eigenvalue weighted by Gasteiger charge is 2.24. The number of hydrogen-bond donors (Lipinski definition) is 1. The smallest absolute Gasteiger partial charge is 0.409 e. The molecule has 1 saturated heterocycles. The van der Waals surface area contributed by atoms with Crippen molar-refractivity contribution in [2.75, 3.05) is 26.8 Å². The molecule has 1 aliphatic heterocycles. The Balaban J connectivity index is 1.79. The van der Waals surface area contributed by atoms with Crippen molar-refractivity contribution in [1.82, 2.24) is 10.2 Å². The molecule has 0 bridgehead atoms. The highest BCUT2D eigenvalue weighted by Crippen LogP contribution is 2.15. The molecule has 0 spiro atoms. The van der Waals surface area contributed by atoms with E-state index >= 15 is 0 Å². The van der Waals surface area contributed by atoms with Crippen molar-refractivity contribution in [3.8, 4) is 5.75 Å². The minimum Gasteiger partial charge on any atom is -0.494 e. The van der Waals surface area contributed by atoms with Crippen molar-refractivity contribution in [3.63, 3.8) is 0 Å². The molecule has 0 radical (unpaired) electrons. The molecule has 1 heterocycles. The number of likely N-dealkylation sites (tertiary alicyclic amines) is 1. The zero-order valence-corrected chi connectivity index (χ0v) is 14.4. The van der Waals surface area contributed by atoms with Crippen LogP contribution in [0.15, 0.2) is 24.3 Å². The summed E-state index contributed by atoms with van der Waals surface area (Å²) in [5.74, 6) is 0.693. The molecule has 1 aromatic rings. The third kappa shape index (κ3) is 5.15. The summed E-state index contributed by atoms with van der Waals surface area (Å²) < 4.78 is 10.3. The molecular weight excluding hydrogens is 308 g/mol. The number of piperidine rings is 1. The van der Waals surface area contributed by atoms with Crippen LogP contribution in [0.25, 0.3) is 0 Å². The van der Waals surface area contributed by atoms with E-state index < -0.39 is 0 Å². The predicted octanol–water partition coefficient (Wildman–Crippen LogP) is 2.83. The van der Waals surface area contributed by atoms with Crippen molar-refractivity contribution in [3.05, 3.63) is 29.8 Å². The molecule has 1 fully saturated rings. The number of ether oxygens (including phenoxy) is 2. The fourth-order valence-corrected chi connectivity index (χ4v) is 2.64. The Labute approximate surface area is 143 Å². The number of methoxy groups -OCH3 is 1. The van der Waals surface area contributed by atoms with Crippen LogP contribution in [0.2, 0.25) is 0 Å². The Hall–Kier alpha value is -2.24. The summed E-state index contributed by atoms with van der Waals surface area (Å²) in [4.78, 5) is 25.4. The average Bonchev–Trinajstić information content (AvgIpc) is 2.62. The number of carbonyl (C=O) groups is 2. The van der Waals surface area contributed by atoms with Gasteiger partial charge in [0.25, 0.3) is 5.91 Å². The van der Waals surface area contributed by atoms with Crippen molar-refractivity contribution < 1.29 is 19.1 Å².